The van der Waals surface area contributed by atoms with E-state index in [2.05, 4.69) is 30.2 Å². The van der Waals surface area contributed by atoms with E-state index in [1.807, 2.05) is 53.8 Å². The normalized spacial score (nSPS) is 14.5. The summed E-state index contributed by atoms with van der Waals surface area (Å²) in [4.78, 5) is 11.6. The van der Waals surface area contributed by atoms with E-state index in [1.165, 1.54) is 12.8 Å². The molecule has 0 radical (unpaired) electrons. The fraction of sp³-hybridized carbons (Fsp3) is 0.385. The summed E-state index contributed by atoms with van der Waals surface area (Å²) in [6, 6.07) is 14.4. The van der Waals surface area contributed by atoms with Crippen molar-refractivity contribution in [3.05, 3.63) is 60.3 Å². The second-order valence-electron chi connectivity index (χ2n) is 9.50. The SMILES string of the molecule is Cc1cnc(Nc2ccc(OCCN3CCCC3)cc2)nc1Nc1cccc(S(=O)(=O)NC(C)(C)I)c1. The maximum atomic E-state index is 12.7. The third-order valence-electron chi connectivity index (χ3n) is 5.74. The Bertz CT molecular complexity index is 1310. The van der Waals surface area contributed by atoms with Crippen LogP contribution >= 0.6 is 22.6 Å². The lowest BCUT2D eigenvalue weighted by atomic mass is 10.3. The summed E-state index contributed by atoms with van der Waals surface area (Å²) in [5.41, 5.74) is 2.27. The number of nitrogens with one attached hydrogen (secondary N) is 3. The van der Waals surface area contributed by atoms with Crippen molar-refractivity contribution in [1.29, 1.82) is 0 Å². The number of benzene rings is 2. The van der Waals surface area contributed by atoms with Crippen LogP contribution in [0.4, 0.5) is 23.1 Å². The highest BCUT2D eigenvalue weighted by atomic mass is 127. The van der Waals surface area contributed by atoms with E-state index in [9.17, 15) is 8.42 Å². The molecule has 9 nitrogen and oxygen atoms in total. The lowest BCUT2D eigenvalue weighted by Crippen LogP contribution is -2.37. The minimum absolute atomic E-state index is 0.176. The smallest absolute Gasteiger partial charge is 0.241 e. The largest absolute Gasteiger partial charge is 0.492 e. The van der Waals surface area contributed by atoms with Gasteiger partial charge in [0.25, 0.3) is 0 Å². The van der Waals surface area contributed by atoms with Crippen LogP contribution in [-0.2, 0) is 10.0 Å². The van der Waals surface area contributed by atoms with Gasteiger partial charge in [-0.1, -0.05) is 28.7 Å². The zero-order valence-electron chi connectivity index (χ0n) is 21.3. The van der Waals surface area contributed by atoms with Crippen LogP contribution in [0.5, 0.6) is 5.75 Å². The highest BCUT2D eigenvalue weighted by Gasteiger charge is 2.23. The summed E-state index contributed by atoms with van der Waals surface area (Å²) in [7, 11) is -3.66. The van der Waals surface area contributed by atoms with Crippen LogP contribution in [0.2, 0.25) is 0 Å². The minimum Gasteiger partial charge on any atom is -0.492 e. The van der Waals surface area contributed by atoms with E-state index < -0.39 is 13.6 Å². The molecule has 3 N–H and O–H groups in total. The molecule has 0 unspecified atom stereocenters. The van der Waals surface area contributed by atoms with Gasteiger partial charge in [0.2, 0.25) is 16.0 Å². The number of rotatable bonds is 11. The summed E-state index contributed by atoms with van der Waals surface area (Å²) in [6.07, 6.45) is 4.28. The van der Waals surface area contributed by atoms with Crippen molar-refractivity contribution >= 4 is 55.8 Å². The predicted molar refractivity (Wildman–Crippen MR) is 156 cm³/mol. The zero-order chi connectivity index (χ0) is 26.5. The average molecular weight is 637 g/mol. The Morgan fingerprint density at radius 2 is 1.78 bits per heavy atom. The van der Waals surface area contributed by atoms with Crippen LogP contribution in [0.1, 0.15) is 32.3 Å². The maximum Gasteiger partial charge on any atom is 0.241 e. The molecule has 1 aliphatic rings. The second kappa shape index (κ2) is 11.9. The quantitative estimate of drug-likeness (QED) is 0.150. The van der Waals surface area contributed by atoms with Gasteiger partial charge in [-0.25, -0.2) is 13.4 Å². The van der Waals surface area contributed by atoms with E-state index in [-0.39, 0.29) is 4.90 Å². The van der Waals surface area contributed by atoms with Crippen molar-refractivity contribution in [2.24, 2.45) is 0 Å². The molecule has 1 saturated heterocycles. The van der Waals surface area contributed by atoms with Crippen molar-refractivity contribution in [3.8, 4) is 5.75 Å². The molecule has 4 rings (SSSR count). The van der Waals surface area contributed by atoms with Gasteiger partial charge < -0.3 is 15.4 Å². The fourth-order valence-corrected chi connectivity index (χ4v) is 6.11. The first kappa shape index (κ1) is 27.6. The number of halogens is 1. The highest BCUT2D eigenvalue weighted by Crippen LogP contribution is 2.25. The van der Waals surface area contributed by atoms with E-state index in [0.717, 1.165) is 36.6 Å². The van der Waals surface area contributed by atoms with Gasteiger partial charge in [0, 0.05) is 29.7 Å². The van der Waals surface area contributed by atoms with Gasteiger partial charge in [0.05, 0.1) is 8.44 Å². The molecule has 11 heteroatoms. The summed E-state index contributed by atoms with van der Waals surface area (Å²) in [5, 5.41) is 6.43. The molecule has 0 atom stereocenters. The molecule has 1 aromatic heterocycles. The maximum absolute atomic E-state index is 12.7. The van der Waals surface area contributed by atoms with Crippen molar-refractivity contribution in [1.82, 2.24) is 19.6 Å². The first-order valence-electron chi connectivity index (χ1n) is 12.2. The van der Waals surface area contributed by atoms with Crippen molar-refractivity contribution in [2.75, 3.05) is 36.9 Å². The number of anilines is 4. The van der Waals surface area contributed by atoms with Crippen LogP contribution in [0.25, 0.3) is 0 Å². The van der Waals surface area contributed by atoms with Gasteiger partial charge in [0.1, 0.15) is 18.2 Å². The van der Waals surface area contributed by atoms with E-state index in [1.54, 1.807) is 44.3 Å². The number of ether oxygens (including phenoxy) is 1. The minimum atomic E-state index is -3.66. The van der Waals surface area contributed by atoms with Crippen molar-refractivity contribution in [2.45, 2.75) is 42.1 Å². The fourth-order valence-electron chi connectivity index (χ4n) is 3.95. The summed E-state index contributed by atoms with van der Waals surface area (Å²) >= 11 is 2.05. The zero-order valence-corrected chi connectivity index (χ0v) is 24.3. The van der Waals surface area contributed by atoms with Crippen molar-refractivity contribution < 1.29 is 13.2 Å². The van der Waals surface area contributed by atoms with Gasteiger partial charge in [-0.2, -0.15) is 9.71 Å². The number of hydrogen-bond donors (Lipinski definition) is 3. The molecule has 2 heterocycles. The molecule has 1 aliphatic heterocycles. The van der Waals surface area contributed by atoms with Crippen LogP contribution in [0.15, 0.2) is 59.6 Å². The molecule has 0 bridgehead atoms. The first-order chi connectivity index (χ1) is 17.6. The van der Waals surface area contributed by atoms with Crippen molar-refractivity contribution in [3.63, 3.8) is 0 Å². The number of sulfonamides is 1. The van der Waals surface area contributed by atoms with Crippen LogP contribution in [-0.4, -0.2) is 53.1 Å². The van der Waals surface area contributed by atoms with Gasteiger partial charge in [-0.15, -0.1) is 0 Å². The topological polar surface area (TPSA) is 108 Å². The molecule has 0 saturated carbocycles. The van der Waals surface area contributed by atoms with Gasteiger partial charge in [-0.05, 0) is 89.2 Å². The number of alkyl halides is 1. The van der Waals surface area contributed by atoms with Gasteiger partial charge in [0.15, 0.2) is 0 Å². The number of hydrogen-bond acceptors (Lipinski definition) is 8. The van der Waals surface area contributed by atoms with Gasteiger partial charge >= 0.3 is 0 Å². The van der Waals surface area contributed by atoms with E-state index in [0.29, 0.717) is 24.1 Å². The number of likely N-dealkylation sites (tertiary alicyclic amines) is 1. The number of aryl methyl sites for hydroxylation is 1. The lowest BCUT2D eigenvalue weighted by Gasteiger charge is -2.19. The third-order valence-corrected chi connectivity index (χ3v) is 8.03. The van der Waals surface area contributed by atoms with Crippen LogP contribution in [0, 0.1) is 6.92 Å². The Balaban J connectivity index is 1.39. The Morgan fingerprint density at radius 3 is 2.49 bits per heavy atom. The highest BCUT2D eigenvalue weighted by molar-refractivity contribution is 14.1. The molecule has 3 aromatic rings. The molecule has 1 fully saturated rings. The molecule has 0 amide bonds. The molecule has 2 aromatic carbocycles. The second-order valence-corrected chi connectivity index (χ2v) is 13.9. The Morgan fingerprint density at radius 1 is 1.05 bits per heavy atom. The standard InChI is InChI=1S/C26H33IN6O3S/c1-19-18-28-25(30-20-9-11-22(12-10-20)36-16-15-33-13-4-5-14-33)31-24(19)29-21-7-6-8-23(17-21)37(34,35)32-26(2,3)27/h6-12,17-18,32H,4-5,13-16H2,1-3H3,(H2,28,29,30,31). The van der Waals surface area contributed by atoms with Crippen LogP contribution in [0.3, 0.4) is 0 Å². The Kier molecular flexibility index (Phi) is 8.88. The van der Waals surface area contributed by atoms with E-state index in [4.69, 9.17) is 4.74 Å². The summed E-state index contributed by atoms with van der Waals surface area (Å²) in [6.45, 7) is 9.44. The number of aromatic nitrogens is 2. The Hall–Kier alpha value is -2.48. The van der Waals surface area contributed by atoms with E-state index >= 15 is 0 Å². The molecular weight excluding hydrogens is 603 g/mol. The predicted octanol–water partition coefficient (Wildman–Crippen LogP) is 5.20. The lowest BCUT2D eigenvalue weighted by molar-refractivity contribution is 0.238. The van der Waals surface area contributed by atoms with Crippen LogP contribution < -0.4 is 20.1 Å². The summed E-state index contributed by atoms with van der Waals surface area (Å²) in [5.74, 6) is 1.83. The molecule has 0 spiro atoms. The summed E-state index contributed by atoms with van der Waals surface area (Å²) < 4.78 is 33.4. The molecule has 37 heavy (non-hydrogen) atoms. The average Bonchev–Trinajstić information content (AvgIpc) is 3.35. The molecule has 0 aliphatic carbocycles. The molecular formula is C26H33IN6O3S. The first-order valence-corrected chi connectivity index (χ1v) is 14.8. The number of nitrogens with zero attached hydrogens (tertiary/aromatic N) is 3. The Labute approximate surface area is 232 Å². The van der Waals surface area contributed by atoms with Gasteiger partial charge in [-0.3, -0.25) is 4.90 Å². The third kappa shape index (κ3) is 8.25. The monoisotopic (exact) mass is 636 g/mol. The molecule has 198 valence electrons.